The smallest absolute Gasteiger partial charge is 0.258 e. The number of amides is 1. The molecule has 16 heavy (non-hydrogen) atoms. The van der Waals surface area contributed by atoms with E-state index in [4.69, 9.17) is 4.42 Å². The highest BCUT2D eigenvalue weighted by Crippen LogP contribution is 2.23. The molecule has 0 aliphatic carbocycles. The quantitative estimate of drug-likeness (QED) is 0.858. The number of nitrogens with zero attached hydrogens (tertiary/aromatic N) is 1. The minimum absolute atomic E-state index is 0.0911. The Morgan fingerprint density at radius 1 is 1.69 bits per heavy atom. The molecule has 88 valence electrons. The van der Waals surface area contributed by atoms with Crippen LogP contribution < -0.4 is 0 Å². The van der Waals surface area contributed by atoms with Crippen molar-refractivity contribution in [2.45, 2.75) is 19.4 Å². The van der Waals surface area contributed by atoms with Gasteiger partial charge in [0.05, 0.1) is 17.9 Å². The van der Waals surface area contributed by atoms with E-state index in [-0.39, 0.29) is 11.8 Å². The molecule has 2 rings (SSSR count). The van der Waals surface area contributed by atoms with E-state index in [9.17, 15) is 9.90 Å². The largest absolute Gasteiger partial charge is 0.457 e. The number of carbonyl (C=O) groups excluding carboxylic acids is 1. The molecule has 1 aromatic heterocycles. The van der Waals surface area contributed by atoms with Gasteiger partial charge in [0.1, 0.15) is 0 Å². The van der Waals surface area contributed by atoms with Gasteiger partial charge in [-0.15, -0.1) is 0 Å². The predicted octanol–water partition coefficient (Wildman–Crippen LogP) is 1.89. The SMILES string of the molecule is CC1CCN(C(=O)c2ccoc2Br)CC1O. The minimum atomic E-state index is -0.427. The summed E-state index contributed by atoms with van der Waals surface area (Å²) in [6.45, 7) is 3.09. The Labute approximate surface area is 102 Å². The van der Waals surface area contributed by atoms with Crippen molar-refractivity contribution < 1.29 is 14.3 Å². The number of hydrogen-bond donors (Lipinski definition) is 1. The highest BCUT2D eigenvalue weighted by atomic mass is 79.9. The molecule has 1 N–H and O–H groups in total. The van der Waals surface area contributed by atoms with Crippen molar-refractivity contribution in [3.63, 3.8) is 0 Å². The van der Waals surface area contributed by atoms with Crippen molar-refractivity contribution in [2.75, 3.05) is 13.1 Å². The number of likely N-dealkylation sites (tertiary alicyclic amines) is 1. The van der Waals surface area contributed by atoms with Gasteiger partial charge in [0.25, 0.3) is 5.91 Å². The number of halogens is 1. The summed E-state index contributed by atoms with van der Waals surface area (Å²) >= 11 is 3.18. The Bertz CT molecular complexity index is 390. The summed E-state index contributed by atoms with van der Waals surface area (Å²) in [5.41, 5.74) is 0.516. The van der Waals surface area contributed by atoms with Crippen LogP contribution in [0.4, 0.5) is 0 Å². The highest BCUT2D eigenvalue weighted by molar-refractivity contribution is 9.10. The van der Waals surface area contributed by atoms with Crippen LogP contribution in [-0.4, -0.2) is 35.1 Å². The molecule has 0 radical (unpaired) electrons. The van der Waals surface area contributed by atoms with Gasteiger partial charge in [0.15, 0.2) is 4.67 Å². The second-order valence-corrected chi connectivity index (χ2v) is 4.91. The van der Waals surface area contributed by atoms with Crippen LogP contribution in [0.3, 0.4) is 0 Å². The topological polar surface area (TPSA) is 53.7 Å². The first-order valence-electron chi connectivity index (χ1n) is 5.30. The minimum Gasteiger partial charge on any atom is -0.457 e. The third kappa shape index (κ3) is 2.15. The molecule has 5 heteroatoms. The summed E-state index contributed by atoms with van der Waals surface area (Å²) in [5.74, 6) is 0.170. The molecule has 1 saturated heterocycles. The first-order valence-corrected chi connectivity index (χ1v) is 6.09. The van der Waals surface area contributed by atoms with E-state index in [1.807, 2.05) is 6.92 Å². The summed E-state index contributed by atoms with van der Waals surface area (Å²) in [6.07, 6.45) is 1.88. The number of aliphatic hydroxyl groups is 1. The van der Waals surface area contributed by atoms with E-state index in [1.165, 1.54) is 6.26 Å². The Morgan fingerprint density at radius 2 is 2.44 bits per heavy atom. The van der Waals surface area contributed by atoms with Gasteiger partial charge in [-0.05, 0) is 34.3 Å². The van der Waals surface area contributed by atoms with Crippen molar-refractivity contribution in [2.24, 2.45) is 5.92 Å². The molecule has 0 saturated carbocycles. The highest BCUT2D eigenvalue weighted by Gasteiger charge is 2.29. The van der Waals surface area contributed by atoms with E-state index in [0.29, 0.717) is 23.3 Å². The lowest BCUT2D eigenvalue weighted by molar-refractivity contribution is 0.0247. The lowest BCUT2D eigenvalue weighted by Gasteiger charge is -2.34. The third-order valence-electron chi connectivity index (χ3n) is 3.05. The molecule has 4 nitrogen and oxygen atoms in total. The zero-order valence-electron chi connectivity index (χ0n) is 9.02. The standard InChI is InChI=1S/C11H14BrNO3/c1-7-2-4-13(6-9(7)14)11(15)8-3-5-16-10(8)12/h3,5,7,9,14H,2,4,6H2,1H3. The Balaban J connectivity index is 2.09. The monoisotopic (exact) mass is 287 g/mol. The first-order chi connectivity index (χ1) is 7.59. The molecule has 1 aromatic rings. The van der Waals surface area contributed by atoms with Crippen molar-refractivity contribution in [3.8, 4) is 0 Å². The fourth-order valence-corrected chi connectivity index (χ4v) is 2.26. The number of rotatable bonds is 1. The van der Waals surface area contributed by atoms with E-state index < -0.39 is 6.10 Å². The molecule has 0 spiro atoms. The maximum absolute atomic E-state index is 12.1. The molecular weight excluding hydrogens is 274 g/mol. The average molecular weight is 288 g/mol. The van der Waals surface area contributed by atoms with Crippen LogP contribution in [0.15, 0.2) is 21.4 Å². The number of piperidine rings is 1. The number of hydrogen-bond acceptors (Lipinski definition) is 3. The number of furan rings is 1. The zero-order valence-corrected chi connectivity index (χ0v) is 10.6. The predicted molar refractivity (Wildman–Crippen MR) is 62.1 cm³/mol. The molecule has 1 fully saturated rings. The Morgan fingerprint density at radius 3 is 3.00 bits per heavy atom. The van der Waals surface area contributed by atoms with Gasteiger partial charge in [0.2, 0.25) is 0 Å². The van der Waals surface area contributed by atoms with Gasteiger partial charge in [-0.25, -0.2) is 0 Å². The van der Waals surface area contributed by atoms with Crippen LogP contribution in [-0.2, 0) is 0 Å². The maximum Gasteiger partial charge on any atom is 0.258 e. The summed E-state index contributed by atoms with van der Waals surface area (Å²) in [4.78, 5) is 13.7. The third-order valence-corrected chi connectivity index (χ3v) is 3.67. The molecule has 2 heterocycles. The fraction of sp³-hybridized carbons (Fsp3) is 0.545. The van der Waals surface area contributed by atoms with E-state index >= 15 is 0 Å². The van der Waals surface area contributed by atoms with Gasteiger partial charge >= 0.3 is 0 Å². The van der Waals surface area contributed by atoms with Crippen LogP contribution in [0.5, 0.6) is 0 Å². The Kier molecular flexibility index (Phi) is 3.35. The molecule has 2 atom stereocenters. The van der Waals surface area contributed by atoms with Crippen molar-refractivity contribution in [3.05, 3.63) is 22.6 Å². The van der Waals surface area contributed by atoms with Crippen LogP contribution >= 0.6 is 15.9 Å². The van der Waals surface area contributed by atoms with E-state index in [2.05, 4.69) is 15.9 Å². The molecular formula is C11H14BrNO3. The maximum atomic E-state index is 12.1. The number of carbonyl (C=O) groups is 1. The van der Waals surface area contributed by atoms with Gasteiger partial charge in [-0.3, -0.25) is 4.79 Å². The van der Waals surface area contributed by atoms with Crippen LogP contribution in [0.2, 0.25) is 0 Å². The number of β-amino-alcohol motifs (C(OH)–C–C–N with tert-alkyl or cyclic N) is 1. The van der Waals surface area contributed by atoms with Gasteiger partial charge in [-0.1, -0.05) is 6.92 Å². The zero-order chi connectivity index (χ0) is 11.7. The lowest BCUT2D eigenvalue weighted by Crippen LogP contribution is -2.45. The van der Waals surface area contributed by atoms with E-state index in [0.717, 1.165) is 6.42 Å². The second kappa shape index (κ2) is 4.59. The molecule has 1 amide bonds. The molecule has 2 unspecified atom stereocenters. The van der Waals surface area contributed by atoms with E-state index in [1.54, 1.807) is 11.0 Å². The summed E-state index contributed by atoms with van der Waals surface area (Å²) < 4.78 is 5.48. The Hall–Kier alpha value is -0.810. The van der Waals surface area contributed by atoms with Gasteiger partial charge < -0.3 is 14.4 Å². The normalized spacial score (nSPS) is 25.8. The average Bonchev–Trinajstić information content (AvgIpc) is 2.67. The first kappa shape index (κ1) is 11.7. The van der Waals surface area contributed by atoms with Crippen LogP contribution in [0, 0.1) is 5.92 Å². The van der Waals surface area contributed by atoms with Crippen molar-refractivity contribution in [1.82, 2.24) is 4.90 Å². The lowest BCUT2D eigenvalue weighted by atomic mass is 9.96. The van der Waals surface area contributed by atoms with Crippen LogP contribution in [0.25, 0.3) is 0 Å². The molecule has 0 bridgehead atoms. The number of aliphatic hydroxyl groups excluding tert-OH is 1. The summed E-state index contributed by atoms with van der Waals surface area (Å²) in [7, 11) is 0. The summed E-state index contributed by atoms with van der Waals surface area (Å²) in [6, 6.07) is 1.64. The van der Waals surface area contributed by atoms with Gasteiger partial charge in [-0.2, -0.15) is 0 Å². The van der Waals surface area contributed by atoms with Crippen molar-refractivity contribution in [1.29, 1.82) is 0 Å². The molecule has 1 aliphatic rings. The van der Waals surface area contributed by atoms with Crippen LogP contribution in [0.1, 0.15) is 23.7 Å². The molecule has 1 aliphatic heterocycles. The fourth-order valence-electron chi connectivity index (χ4n) is 1.85. The van der Waals surface area contributed by atoms with Gasteiger partial charge in [0, 0.05) is 13.1 Å². The van der Waals surface area contributed by atoms with Crippen molar-refractivity contribution >= 4 is 21.8 Å². The molecule has 0 aromatic carbocycles. The summed E-state index contributed by atoms with van der Waals surface area (Å²) in [5, 5.41) is 9.73. The second-order valence-electron chi connectivity index (χ2n) is 4.19.